The van der Waals surface area contributed by atoms with Gasteiger partial charge >= 0.3 is 17.9 Å². The van der Waals surface area contributed by atoms with Gasteiger partial charge in [0, 0.05) is 19.3 Å². The molecular weight excluding hydrogens is 889 g/mol. The maximum atomic E-state index is 12.9. The van der Waals surface area contributed by atoms with Crippen molar-refractivity contribution in [1.82, 2.24) is 0 Å². The molecule has 6 heteroatoms. The first-order valence-electron chi connectivity index (χ1n) is 32.8. The molecule has 0 radical (unpaired) electrons. The zero-order chi connectivity index (χ0) is 52.5. The molecule has 428 valence electrons. The van der Waals surface area contributed by atoms with Crippen LogP contribution in [0.3, 0.4) is 0 Å². The number of unbranched alkanes of at least 4 members (excludes halogenated alkanes) is 43. The third-order valence-corrected chi connectivity index (χ3v) is 15.9. The fraction of sp³-hybridized carbons (Fsp3) is 0.955. The minimum atomic E-state index is -0.764. The van der Waals surface area contributed by atoms with Crippen molar-refractivity contribution >= 4 is 17.9 Å². The Balaban J connectivity index is 4.24. The van der Waals surface area contributed by atoms with Gasteiger partial charge in [-0.25, -0.2) is 0 Å². The number of rotatable bonds is 60. The van der Waals surface area contributed by atoms with Gasteiger partial charge in [-0.05, 0) is 31.1 Å². The predicted octanol–water partition coefficient (Wildman–Crippen LogP) is 22.0. The Labute approximate surface area is 450 Å². The quantitative estimate of drug-likeness (QED) is 0.0343. The molecule has 72 heavy (non-hydrogen) atoms. The van der Waals surface area contributed by atoms with Gasteiger partial charge in [-0.1, -0.05) is 336 Å². The van der Waals surface area contributed by atoms with Crippen molar-refractivity contribution in [3.8, 4) is 0 Å². The Hall–Kier alpha value is -1.59. The summed E-state index contributed by atoms with van der Waals surface area (Å²) in [4.78, 5) is 38.3. The van der Waals surface area contributed by atoms with Crippen LogP contribution in [0.5, 0.6) is 0 Å². The fourth-order valence-corrected chi connectivity index (χ4v) is 10.2. The van der Waals surface area contributed by atoms with Crippen LogP contribution in [0.1, 0.15) is 375 Å². The van der Waals surface area contributed by atoms with Crippen LogP contribution in [0.15, 0.2) is 0 Å². The second-order valence-corrected chi connectivity index (χ2v) is 23.2. The van der Waals surface area contributed by atoms with Crippen LogP contribution in [0.25, 0.3) is 0 Å². The summed E-state index contributed by atoms with van der Waals surface area (Å²) in [5, 5.41) is 0. The van der Waals surface area contributed by atoms with Gasteiger partial charge in [0.2, 0.25) is 0 Å². The zero-order valence-electron chi connectivity index (χ0n) is 49.6. The first-order chi connectivity index (χ1) is 35.3. The Kier molecular flexibility index (Phi) is 57.4. The minimum Gasteiger partial charge on any atom is -0.462 e. The van der Waals surface area contributed by atoms with Crippen molar-refractivity contribution in [3.63, 3.8) is 0 Å². The molecule has 0 aliphatic rings. The second kappa shape index (κ2) is 58.7. The standard InChI is InChI=1S/C66H128O6/c1-6-9-10-11-12-13-14-15-16-17-21-24-27-30-36-41-46-51-56-64(67)70-59-63(72-66(69)58-53-48-43-38-33-32-35-40-45-50-55-62(5)8-3)60-71-65(68)57-52-47-42-37-31-28-25-22-19-18-20-23-26-29-34-39-44-49-54-61(4)7-2/h61-63H,6-60H2,1-5H3/t61?,62?,63-/m1/s1. The van der Waals surface area contributed by atoms with E-state index in [1.165, 1.54) is 263 Å². The van der Waals surface area contributed by atoms with Crippen LogP contribution in [-0.4, -0.2) is 37.2 Å². The van der Waals surface area contributed by atoms with Gasteiger partial charge < -0.3 is 14.2 Å². The van der Waals surface area contributed by atoms with Crippen molar-refractivity contribution in [3.05, 3.63) is 0 Å². The first kappa shape index (κ1) is 70.4. The highest BCUT2D eigenvalue weighted by atomic mass is 16.6. The topological polar surface area (TPSA) is 78.9 Å². The molecule has 0 aliphatic carbocycles. The molecule has 0 amide bonds. The highest BCUT2D eigenvalue weighted by Crippen LogP contribution is 2.20. The molecular formula is C66H128O6. The number of ether oxygens (including phenoxy) is 3. The molecule has 6 nitrogen and oxygen atoms in total. The van der Waals surface area contributed by atoms with Crippen LogP contribution >= 0.6 is 0 Å². The molecule has 0 fully saturated rings. The molecule has 0 rings (SSSR count). The summed E-state index contributed by atoms with van der Waals surface area (Å²) in [6.45, 7) is 11.5. The van der Waals surface area contributed by atoms with Crippen molar-refractivity contribution < 1.29 is 28.6 Å². The maximum absolute atomic E-state index is 12.9. The Morgan fingerprint density at radius 1 is 0.278 bits per heavy atom. The molecule has 0 aromatic heterocycles. The lowest BCUT2D eigenvalue weighted by Gasteiger charge is -2.18. The summed E-state index contributed by atoms with van der Waals surface area (Å²) in [6, 6.07) is 0. The third kappa shape index (κ3) is 56.1. The molecule has 0 heterocycles. The van der Waals surface area contributed by atoms with Gasteiger partial charge in [0.25, 0.3) is 0 Å². The number of carbonyl (C=O) groups is 3. The van der Waals surface area contributed by atoms with Crippen LogP contribution in [0.2, 0.25) is 0 Å². The molecule has 0 saturated carbocycles. The fourth-order valence-electron chi connectivity index (χ4n) is 10.2. The smallest absolute Gasteiger partial charge is 0.306 e. The largest absolute Gasteiger partial charge is 0.462 e. The van der Waals surface area contributed by atoms with Crippen molar-refractivity contribution in [2.24, 2.45) is 11.8 Å². The van der Waals surface area contributed by atoms with Crippen molar-refractivity contribution in [1.29, 1.82) is 0 Å². The second-order valence-electron chi connectivity index (χ2n) is 23.2. The summed E-state index contributed by atoms with van der Waals surface area (Å²) in [5.74, 6) is 0.946. The van der Waals surface area contributed by atoms with Crippen LogP contribution in [0, 0.1) is 11.8 Å². The van der Waals surface area contributed by atoms with Crippen LogP contribution in [-0.2, 0) is 28.6 Å². The maximum Gasteiger partial charge on any atom is 0.306 e. The molecule has 0 saturated heterocycles. The van der Waals surface area contributed by atoms with Gasteiger partial charge in [0.05, 0.1) is 0 Å². The lowest BCUT2D eigenvalue weighted by Crippen LogP contribution is -2.30. The van der Waals surface area contributed by atoms with E-state index in [2.05, 4.69) is 34.6 Å². The van der Waals surface area contributed by atoms with E-state index in [1.807, 2.05) is 0 Å². The number of hydrogen-bond donors (Lipinski definition) is 0. The number of esters is 3. The lowest BCUT2D eigenvalue weighted by atomic mass is 9.99. The van der Waals surface area contributed by atoms with Crippen LogP contribution < -0.4 is 0 Å². The Morgan fingerprint density at radius 3 is 0.722 bits per heavy atom. The van der Waals surface area contributed by atoms with E-state index in [0.717, 1.165) is 69.6 Å². The van der Waals surface area contributed by atoms with Gasteiger partial charge in [-0.15, -0.1) is 0 Å². The van der Waals surface area contributed by atoms with Crippen LogP contribution in [0.4, 0.5) is 0 Å². The predicted molar refractivity (Wildman–Crippen MR) is 312 cm³/mol. The zero-order valence-corrected chi connectivity index (χ0v) is 49.6. The Bertz CT molecular complexity index is 1110. The van der Waals surface area contributed by atoms with Gasteiger partial charge in [0.15, 0.2) is 6.10 Å². The normalized spacial score (nSPS) is 12.8. The summed E-state index contributed by atoms with van der Waals surface area (Å²) >= 11 is 0. The van der Waals surface area contributed by atoms with E-state index < -0.39 is 6.10 Å². The summed E-state index contributed by atoms with van der Waals surface area (Å²) in [6.07, 6.45) is 65.2. The highest BCUT2D eigenvalue weighted by Gasteiger charge is 2.19. The molecule has 0 aromatic rings. The average Bonchev–Trinajstić information content (AvgIpc) is 3.38. The van der Waals surface area contributed by atoms with E-state index in [-0.39, 0.29) is 31.1 Å². The first-order valence-corrected chi connectivity index (χ1v) is 32.8. The summed E-state index contributed by atoms with van der Waals surface area (Å²) < 4.78 is 17.0. The summed E-state index contributed by atoms with van der Waals surface area (Å²) in [5.41, 5.74) is 0. The molecule has 0 aromatic carbocycles. The summed E-state index contributed by atoms with van der Waals surface area (Å²) in [7, 11) is 0. The van der Waals surface area contributed by atoms with Crippen molar-refractivity contribution in [2.75, 3.05) is 13.2 Å². The number of carbonyl (C=O) groups excluding carboxylic acids is 3. The Morgan fingerprint density at radius 2 is 0.486 bits per heavy atom. The van der Waals surface area contributed by atoms with Gasteiger partial charge in [0.1, 0.15) is 13.2 Å². The number of hydrogen-bond acceptors (Lipinski definition) is 6. The highest BCUT2D eigenvalue weighted by molar-refractivity contribution is 5.71. The van der Waals surface area contributed by atoms with E-state index in [0.29, 0.717) is 19.3 Å². The molecule has 0 spiro atoms. The van der Waals surface area contributed by atoms with Crippen molar-refractivity contribution in [2.45, 2.75) is 381 Å². The SMILES string of the molecule is CCCCCCCCCCCCCCCCCCCCC(=O)OC[C@H](COC(=O)CCCCCCCCCCCCCCCCCCCCC(C)CC)OC(=O)CCCCCCCCCCCCC(C)CC. The monoisotopic (exact) mass is 1020 g/mol. The van der Waals surface area contributed by atoms with E-state index >= 15 is 0 Å². The average molecular weight is 1020 g/mol. The molecule has 0 aliphatic heterocycles. The van der Waals surface area contributed by atoms with Gasteiger partial charge in [-0.2, -0.15) is 0 Å². The lowest BCUT2D eigenvalue weighted by molar-refractivity contribution is -0.167. The van der Waals surface area contributed by atoms with E-state index in [1.54, 1.807) is 0 Å². The van der Waals surface area contributed by atoms with Gasteiger partial charge in [-0.3, -0.25) is 14.4 Å². The minimum absolute atomic E-state index is 0.0621. The molecule has 3 atom stereocenters. The van der Waals surface area contributed by atoms with E-state index in [4.69, 9.17) is 14.2 Å². The molecule has 0 N–H and O–H groups in total. The third-order valence-electron chi connectivity index (χ3n) is 15.9. The molecule has 2 unspecified atom stereocenters. The molecule has 0 bridgehead atoms. The van der Waals surface area contributed by atoms with E-state index in [9.17, 15) is 14.4 Å².